The first-order valence-corrected chi connectivity index (χ1v) is 10.1. The maximum absolute atomic E-state index is 12.6. The molecule has 1 amide bonds. The Morgan fingerprint density at radius 3 is 2.41 bits per heavy atom. The number of sulfonamides is 1. The number of hydrogen-bond acceptors (Lipinski definition) is 5. The zero-order chi connectivity index (χ0) is 19.4. The molecule has 0 atom stereocenters. The second-order valence-corrected chi connectivity index (χ2v) is 8.34. The topological polar surface area (TPSA) is 105 Å². The van der Waals surface area contributed by atoms with Crippen molar-refractivity contribution in [1.82, 2.24) is 9.73 Å². The number of anilines is 1. The summed E-state index contributed by atoms with van der Waals surface area (Å²) in [5, 5.41) is 4.09. The lowest BCUT2D eigenvalue weighted by Gasteiger charge is -2.15. The third-order valence-corrected chi connectivity index (χ3v) is 6.35. The molecule has 7 nitrogen and oxygen atoms in total. The number of nitrogens with two attached hydrogens (primary N) is 1. The van der Waals surface area contributed by atoms with Crippen molar-refractivity contribution in [3.05, 3.63) is 59.7 Å². The Bertz CT molecular complexity index is 963. The minimum absolute atomic E-state index is 0.122. The fourth-order valence-electron chi connectivity index (χ4n) is 2.86. The number of nitrogens with one attached hydrogen (secondary N) is 1. The summed E-state index contributed by atoms with van der Waals surface area (Å²) in [5.74, 6) is -0.469. The molecule has 0 saturated carbocycles. The molecule has 0 unspecified atom stereocenters. The predicted octanol–water partition coefficient (Wildman–Crippen LogP) is 2.21. The van der Waals surface area contributed by atoms with Gasteiger partial charge < -0.3 is 5.73 Å². The van der Waals surface area contributed by atoms with E-state index in [9.17, 15) is 13.2 Å². The van der Waals surface area contributed by atoms with Crippen LogP contribution in [0.3, 0.4) is 0 Å². The third kappa shape index (κ3) is 4.35. The third-order valence-electron chi connectivity index (χ3n) is 4.45. The molecule has 1 aliphatic heterocycles. The SMILES string of the molecule is C/C(=N/NC(=O)c1cccc(S(=O)(=O)N2CCCC2)c1)c1ccc(N)cc1. The lowest BCUT2D eigenvalue weighted by atomic mass is 10.1. The summed E-state index contributed by atoms with van der Waals surface area (Å²) in [4.78, 5) is 12.5. The highest BCUT2D eigenvalue weighted by atomic mass is 32.2. The molecule has 3 rings (SSSR count). The van der Waals surface area contributed by atoms with E-state index < -0.39 is 15.9 Å². The van der Waals surface area contributed by atoms with Gasteiger partial charge in [-0.3, -0.25) is 4.79 Å². The zero-order valence-corrected chi connectivity index (χ0v) is 15.9. The summed E-state index contributed by atoms with van der Waals surface area (Å²) in [6, 6.07) is 13.1. The predicted molar refractivity (Wildman–Crippen MR) is 105 cm³/mol. The molecular formula is C19H22N4O3S. The lowest BCUT2D eigenvalue weighted by Crippen LogP contribution is -2.28. The van der Waals surface area contributed by atoms with Crippen LogP contribution in [0, 0.1) is 0 Å². The number of benzene rings is 2. The van der Waals surface area contributed by atoms with Gasteiger partial charge in [-0.05, 0) is 55.7 Å². The standard InChI is InChI=1S/C19H22N4O3S/c1-14(15-7-9-17(20)10-8-15)21-22-19(24)16-5-4-6-18(13-16)27(25,26)23-11-2-3-12-23/h4-10,13H,2-3,11-12,20H2,1H3,(H,22,24)/b21-14-. The fraction of sp³-hybridized carbons (Fsp3) is 0.263. The van der Waals surface area contributed by atoms with Crippen LogP contribution in [0.1, 0.15) is 35.7 Å². The molecule has 1 aliphatic rings. The molecule has 0 bridgehead atoms. The molecule has 0 spiro atoms. The van der Waals surface area contributed by atoms with Crippen LogP contribution in [0.4, 0.5) is 5.69 Å². The van der Waals surface area contributed by atoms with Gasteiger partial charge in [0, 0.05) is 24.3 Å². The highest BCUT2D eigenvalue weighted by Gasteiger charge is 2.27. The molecule has 0 radical (unpaired) electrons. The molecule has 1 saturated heterocycles. The van der Waals surface area contributed by atoms with Gasteiger partial charge in [-0.15, -0.1) is 0 Å². The monoisotopic (exact) mass is 386 g/mol. The number of carbonyl (C=O) groups is 1. The van der Waals surface area contributed by atoms with E-state index in [0.29, 0.717) is 24.5 Å². The molecule has 1 fully saturated rings. The highest BCUT2D eigenvalue weighted by Crippen LogP contribution is 2.21. The van der Waals surface area contributed by atoms with Crippen molar-refractivity contribution in [3.63, 3.8) is 0 Å². The Balaban J connectivity index is 1.75. The van der Waals surface area contributed by atoms with Crippen LogP contribution in [-0.4, -0.2) is 37.4 Å². The van der Waals surface area contributed by atoms with Crippen molar-refractivity contribution >= 4 is 27.3 Å². The van der Waals surface area contributed by atoms with E-state index in [1.165, 1.54) is 16.4 Å². The molecule has 3 N–H and O–H groups in total. The minimum Gasteiger partial charge on any atom is -0.399 e. The summed E-state index contributed by atoms with van der Waals surface area (Å²) in [6.45, 7) is 2.80. The van der Waals surface area contributed by atoms with Crippen molar-refractivity contribution in [1.29, 1.82) is 0 Å². The number of rotatable bonds is 5. The zero-order valence-electron chi connectivity index (χ0n) is 15.1. The van der Waals surface area contributed by atoms with Crippen molar-refractivity contribution in [3.8, 4) is 0 Å². The summed E-state index contributed by atoms with van der Waals surface area (Å²) in [5.41, 5.74) is 10.5. The van der Waals surface area contributed by atoms with Gasteiger partial charge >= 0.3 is 0 Å². The molecule has 0 aromatic heterocycles. The van der Waals surface area contributed by atoms with Crippen molar-refractivity contribution in [2.75, 3.05) is 18.8 Å². The van der Waals surface area contributed by atoms with Crippen LogP contribution in [0.2, 0.25) is 0 Å². The number of nitrogen functional groups attached to an aromatic ring is 1. The average molecular weight is 386 g/mol. The number of hydrazone groups is 1. The van der Waals surface area contributed by atoms with E-state index in [1.54, 1.807) is 31.2 Å². The van der Waals surface area contributed by atoms with Gasteiger partial charge in [-0.2, -0.15) is 9.41 Å². The average Bonchev–Trinajstić information content (AvgIpc) is 3.22. The smallest absolute Gasteiger partial charge is 0.271 e. The molecule has 2 aromatic rings. The van der Waals surface area contributed by atoms with E-state index in [2.05, 4.69) is 10.5 Å². The van der Waals surface area contributed by atoms with Gasteiger partial charge in [0.2, 0.25) is 10.0 Å². The fourth-order valence-corrected chi connectivity index (χ4v) is 4.43. The number of hydrogen-bond donors (Lipinski definition) is 2. The van der Waals surface area contributed by atoms with E-state index in [1.807, 2.05) is 12.1 Å². The van der Waals surface area contributed by atoms with Gasteiger partial charge in [-0.1, -0.05) is 18.2 Å². The normalized spacial score (nSPS) is 15.7. The maximum atomic E-state index is 12.6. The van der Waals surface area contributed by atoms with E-state index in [-0.39, 0.29) is 10.5 Å². The molecule has 27 heavy (non-hydrogen) atoms. The van der Waals surface area contributed by atoms with Crippen LogP contribution in [0.15, 0.2) is 58.5 Å². The Labute approximate surface area is 158 Å². The minimum atomic E-state index is -3.57. The molecule has 1 heterocycles. The maximum Gasteiger partial charge on any atom is 0.271 e. The van der Waals surface area contributed by atoms with E-state index in [0.717, 1.165) is 18.4 Å². The van der Waals surface area contributed by atoms with Gasteiger partial charge in [0.25, 0.3) is 5.91 Å². The van der Waals surface area contributed by atoms with Gasteiger partial charge in [0.05, 0.1) is 10.6 Å². The Morgan fingerprint density at radius 2 is 1.74 bits per heavy atom. The van der Waals surface area contributed by atoms with Crippen LogP contribution >= 0.6 is 0 Å². The first kappa shape index (κ1) is 19.1. The van der Waals surface area contributed by atoms with Crippen molar-refractivity contribution in [2.45, 2.75) is 24.7 Å². The van der Waals surface area contributed by atoms with Crippen molar-refractivity contribution < 1.29 is 13.2 Å². The number of amides is 1. The highest BCUT2D eigenvalue weighted by molar-refractivity contribution is 7.89. The van der Waals surface area contributed by atoms with E-state index >= 15 is 0 Å². The van der Waals surface area contributed by atoms with Crippen LogP contribution in [0.25, 0.3) is 0 Å². The summed E-state index contributed by atoms with van der Waals surface area (Å²) in [7, 11) is -3.57. The first-order valence-electron chi connectivity index (χ1n) is 8.69. The van der Waals surface area contributed by atoms with Gasteiger partial charge in [-0.25, -0.2) is 13.8 Å². The summed E-state index contributed by atoms with van der Waals surface area (Å²) >= 11 is 0. The molecular weight excluding hydrogens is 364 g/mol. The van der Waals surface area contributed by atoms with Crippen LogP contribution in [0.5, 0.6) is 0 Å². The van der Waals surface area contributed by atoms with Crippen molar-refractivity contribution in [2.24, 2.45) is 5.10 Å². The molecule has 8 heteroatoms. The Hall–Kier alpha value is -2.71. The van der Waals surface area contributed by atoms with Gasteiger partial charge in [0.15, 0.2) is 0 Å². The van der Waals surface area contributed by atoms with Gasteiger partial charge in [0.1, 0.15) is 0 Å². The van der Waals surface area contributed by atoms with Crippen LogP contribution in [-0.2, 0) is 10.0 Å². The first-order chi connectivity index (χ1) is 12.9. The lowest BCUT2D eigenvalue weighted by molar-refractivity contribution is 0.0954. The number of nitrogens with zero attached hydrogens (tertiary/aromatic N) is 2. The van der Waals surface area contributed by atoms with E-state index in [4.69, 9.17) is 5.73 Å². The quantitative estimate of drug-likeness (QED) is 0.467. The second kappa shape index (κ2) is 7.89. The molecule has 142 valence electrons. The second-order valence-electron chi connectivity index (χ2n) is 6.40. The molecule has 2 aromatic carbocycles. The molecule has 0 aliphatic carbocycles. The summed E-state index contributed by atoms with van der Waals surface area (Å²) in [6.07, 6.45) is 1.72. The largest absolute Gasteiger partial charge is 0.399 e. The summed E-state index contributed by atoms with van der Waals surface area (Å²) < 4.78 is 26.7. The Kier molecular flexibility index (Phi) is 5.57. The Morgan fingerprint density at radius 1 is 1.07 bits per heavy atom. The number of carbonyl (C=O) groups excluding carboxylic acids is 1. The van der Waals surface area contributed by atoms with Crippen LogP contribution < -0.4 is 11.2 Å².